The summed E-state index contributed by atoms with van der Waals surface area (Å²) in [6.07, 6.45) is 2.63. The van der Waals surface area contributed by atoms with Crippen LogP contribution in [0, 0.1) is 5.82 Å². The number of aldehydes is 1. The van der Waals surface area contributed by atoms with Gasteiger partial charge in [0.1, 0.15) is 17.3 Å². The molecule has 1 aromatic heterocycles. The van der Waals surface area contributed by atoms with Gasteiger partial charge in [-0.25, -0.2) is 9.07 Å². The SMILES string of the molecule is CNc1cn(-c2cccc(-c3ccc(F)cc3O)c2)nc1C=O.NC=O. The van der Waals surface area contributed by atoms with Crippen LogP contribution in [0.5, 0.6) is 5.75 Å². The van der Waals surface area contributed by atoms with Gasteiger partial charge in [0, 0.05) is 18.7 Å². The van der Waals surface area contributed by atoms with Gasteiger partial charge < -0.3 is 16.2 Å². The van der Waals surface area contributed by atoms with Crippen molar-refractivity contribution >= 4 is 18.4 Å². The Hall–Kier alpha value is -3.68. The number of anilines is 1. The first-order valence-electron chi connectivity index (χ1n) is 7.51. The molecule has 1 heterocycles. The van der Waals surface area contributed by atoms with Crippen LogP contribution in [0.25, 0.3) is 16.8 Å². The highest BCUT2D eigenvalue weighted by atomic mass is 19.1. The van der Waals surface area contributed by atoms with Crippen LogP contribution in [-0.4, -0.2) is 34.6 Å². The van der Waals surface area contributed by atoms with Crippen LogP contribution in [0.1, 0.15) is 10.5 Å². The Labute approximate surface area is 148 Å². The van der Waals surface area contributed by atoms with E-state index in [2.05, 4.69) is 16.1 Å². The zero-order valence-electron chi connectivity index (χ0n) is 13.9. The highest BCUT2D eigenvalue weighted by Gasteiger charge is 2.10. The molecule has 0 atom stereocenters. The molecule has 0 saturated carbocycles. The van der Waals surface area contributed by atoms with Gasteiger partial charge in [0.15, 0.2) is 6.29 Å². The maximum atomic E-state index is 13.1. The molecule has 0 unspecified atom stereocenters. The fourth-order valence-corrected chi connectivity index (χ4v) is 2.36. The first kappa shape index (κ1) is 18.7. The maximum Gasteiger partial charge on any atom is 0.204 e. The lowest BCUT2D eigenvalue weighted by Crippen LogP contribution is -1.96. The van der Waals surface area contributed by atoms with Crippen LogP contribution < -0.4 is 11.1 Å². The van der Waals surface area contributed by atoms with E-state index in [0.717, 1.165) is 11.8 Å². The summed E-state index contributed by atoms with van der Waals surface area (Å²) in [5.41, 5.74) is 7.05. The topological polar surface area (TPSA) is 110 Å². The third-order valence-corrected chi connectivity index (χ3v) is 3.51. The zero-order chi connectivity index (χ0) is 19.1. The van der Waals surface area contributed by atoms with Crippen molar-refractivity contribution in [1.29, 1.82) is 0 Å². The number of rotatable bonds is 4. The van der Waals surface area contributed by atoms with Crippen LogP contribution in [0.2, 0.25) is 0 Å². The van der Waals surface area contributed by atoms with Gasteiger partial charge in [-0.1, -0.05) is 12.1 Å². The predicted molar refractivity (Wildman–Crippen MR) is 95.8 cm³/mol. The Morgan fingerprint density at radius 1 is 1.23 bits per heavy atom. The number of nitrogens with two attached hydrogens (primary N) is 1. The van der Waals surface area contributed by atoms with Crippen molar-refractivity contribution in [2.24, 2.45) is 5.73 Å². The number of aromatic hydroxyl groups is 1. The molecule has 7 nitrogen and oxygen atoms in total. The van der Waals surface area contributed by atoms with Crippen molar-refractivity contribution in [3.63, 3.8) is 0 Å². The Morgan fingerprint density at radius 3 is 2.54 bits per heavy atom. The maximum absolute atomic E-state index is 13.1. The smallest absolute Gasteiger partial charge is 0.204 e. The molecular weight excluding hydrogens is 339 g/mol. The quantitative estimate of drug-likeness (QED) is 0.622. The van der Waals surface area contributed by atoms with Crippen molar-refractivity contribution in [1.82, 2.24) is 9.78 Å². The van der Waals surface area contributed by atoms with Gasteiger partial charge in [0.25, 0.3) is 0 Å². The standard InChI is InChI=1S/C17H14FN3O2.CH3NO/c1-19-15-9-21(20-16(15)10-22)13-4-2-3-11(7-13)14-6-5-12(18)8-17(14)23;2-1-3/h2-10,19,23H,1H3;1H,(H2,2,3). The number of hydrogen-bond acceptors (Lipinski definition) is 5. The minimum absolute atomic E-state index is 0.132. The van der Waals surface area contributed by atoms with Crippen LogP contribution in [0.4, 0.5) is 10.1 Å². The molecule has 8 heteroatoms. The predicted octanol–water partition coefficient (Wildman–Crippen LogP) is 2.34. The Bertz CT molecular complexity index is 925. The fraction of sp³-hybridized carbons (Fsp3) is 0.0556. The Balaban J connectivity index is 0.000000758. The summed E-state index contributed by atoms with van der Waals surface area (Å²) >= 11 is 0. The second-order valence-electron chi connectivity index (χ2n) is 5.09. The summed E-state index contributed by atoms with van der Waals surface area (Å²) in [4.78, 5) is 19.6. The van der Waals surface area contributed by atoms with Crippen LogP contribution in [0.3, 0.4) is 0 Å². The molecule has 3 aromatic rings. The van der Waals surface area contributed by atoms with Gasteiger partial charge in [0.05, 0.1) is 17.6 Å². The lowest BCUT2D eigenvalue weighted by molar-refractivity contribution is -0.106. The van der Waals surface area contributed by atoms with Gasteiger partial charge in [0.2, 0.25) is 6.41 Å². The number of hydrogen-bond donors (Lipinski definition) is 3. The van der Waals surface area contributed by atoms with Crippen molar-refractivity contribution in [3.05, 3.63) is 60.2 Å². The molecule has 134 valence electrons. The molecular formula is C18H17FN4O3. The van der Waals surface area contributed by atoms with E-state index in [1.165, 1.54) is 12.1 Å². The van der Waals surface area contributed by atoms with E-state index in [0.29, 0.717) is 28.8 Å². The van der Waals surface area contributed by atoms with Gasteiger partial charge in [-0.05, 0) is 29.8 Å². The molecule has 4 N–H and O–H groups in total. The minimum atomic E-state index is -0.497. The molecule has 0 fully saturated rings. The average Bonchev–Trinajstić information content (AvgIpc) is 3.06. The summed E-state index contributed by atoms with van der Waals surface area (Å²) in [5, 5.41) is 17.0. The van der Waals surface area contributed by atoms with E-state index in [4.69, 9.17) is 4.79 Å². The van der Waals surface area contributed by atoms with Crippen molar-refractivity contribution in [2.45, 2.75) is 0 Å². The summed E-state index contributed by atoms with van der Waals surface area (Å²) in [6.45, 7) is 0. The summed E-state index contributed by atoms with van der Waals surface area (Å²) in [5.74, 6) is -0.629. The third kappa shape index (κ3) is 4.04. The van der Waals surface area contributed by atoms with Crippen molar-refractivity contribution < 1.29 is 19.1 Å². The molecule has 0 aliphatic heterocycles. The average molecular weight is 356 g/mol. The lowest BCUT2D eigenvalue weighted by atomic mass is 10.0. The van der Waals surface area contributed by atoms with Crippen LogP contribution in [-0.2, 0) is 4.79 Å². The zero-order valence-corrected chi connectivity index (χ0v) is 13.9. The molecule has 0 spiro atoms. The second kappa shape index (κ2) is 8.43. The van der Waals surface area contributed by atoms with Gasteiger partial charge in [-0.3, -0.25) is 9.59 Å². The molecule has 26 heavy (non-hydrogen) atoms. The summed E-state index contributed by atoms with van der Waals surface area (Å²) < 4.78 is 14.7. The normalized spacial score (nSPS) is 9.77. The monoisotopic (exact) mass is 356 g/mol. The number of primary amides is 1. The molecule has 0 aliphatic carbocycles. The van der Waals surface area contributed by atoms with E-state index < -0.39 is 5.82 Å². The van der Waals surface area contributed by atoms with E-state index in [-0.39, 0.29) is 12.2 Å². The van der Waals surface area contributed by atoms with Crippen molar-refractivity contribution in [3.8, 4) is 22.6 Å². The third-order valence-electron chi connectivity index (χ3n) is 3.51. The first-order valence-corrected chi connectivity index (χ1v) is 7.51. The van der Waals surface area contributed by atoms with Gasteiger partial charge >= 0.3 is 0 Å². The molecule has 0 radical (unpaired) electrons. The Morgan fingerprint density at radius 2 is 1.96 bits per heavy atom. The molecule has 3 rings (SSSR count). The number of phenolic OH excluding ortho intramolecular Hbond substituents is 1. The molecule has 0 saturated heterocycles. The number of aromatic nitrogens is 2. The number of amides is 1. The van der Waals surface area contributed by atoms with Crippen LogP contribution >= 0.6 is 0 Å². The highest BCUT2D eigenvalue weighted by Crippen LogP contribution is 2.31. The van der Waals surface area contributed by atoms with E-state index in [1.807, 2.05) is 6.07 Å². The number of nitrogens with zero attached hydrogens (tertiary/aromatic N) is 2. The summed E-state index contributed by atoms with van der Waals surface area (Å²) in [7, 11) is 1.71. The second-order valence-corrected chi connectivity index (χ2v) is 5.09. The van der Waals surface area contributed by atoms with E-state index in [9.17, 15) is 14.3 Å². The minimum Gasteiger partial charge on any atom is -0.507 e. The Kier molecular flexibility index (Phi) is 6.05. The highest BCUT2D eigenvalue weighted by molar-refractivity contribution is 5.81. The number of carbonyl (C=O) groups is 2. The first-order chi connectivity index (χ1) is 12.5. The van der Waals surface area contributed by atoms with Crippen molar-refractivity contribution in [2.75, 3.05) is 12.4 Å². The number of carbonyl (C=O) groups excluding carboxylic acids is 2. The molecule has 1 amide bonds. The fourth-order valence-electron chi connectivity index (χ4n) is 2.36. The van der Waals surface area contributed by atoms with E-state index >= 15 is 0 Å². The number of halogens is 1. The number of nitrogens with one attached hydrogen (secondary N) is 1. The van der Waals surface area contributed by atoms with Gasteiger partial charge in [-0.2, -0.15) is 5.10 Å². The van der Waals surface area contributed by atoms with E-state index in [1.54, 1.807) is 36.1 Å². The van der Waals surface area contributed by atoms with Gasteiger partial charge in [-0.15, -0.1) is 0 Å². The number of phenols is 1. The summed E-state index contributed by atoms with van der Waals surface area (Å²) in [6, 6.07) is 11.1. The largest absolute Gasteiger partial charge is 0.507 e. The van der Waals surface area contributed by atoms with Crippen LogP contribution in [0.15, 0.2) is 48.7 Å². The molecule has 2 aromatic carbocycles. The number of benzene rings is 2. The lowest BCUT2D eigenvalue weighted by Gasteiger charge is -2.07. The molecule has 0 bridgehead atoms. The molecule has 0 aliphatic rings.